The monoisotopic (exact) mass is 184 g/mol. The summed E-state index contributed by atoms with van der Waals surface area (Å²) < 4.78 is 0. The van der Waals surface area contributed by atoms with E-state index in [0.717, 1.165) is 6.42 Å². The lowest BCUT2D eigenvalue weighted by Gasteiger charge is -2.08. The van der Waals surface area contributed by atoms with Crippen LogP contribution in [0.25, 0.3) is 0 Å². The molecule has 1 aromatic heterocycles. The summed E-state index contributed by atoms with van der Waals surface area (Å²) in [6.45, 7) is 6.36. The first-order valence-corrected chi connectivity index (χ1v) is 5.11. The molecule has 1 unspecified atom stereocenters. The van der Waals surface area contributed by atoms with Gasteiger partial charge in [0.05, 0.1) is 11.7 Å². The summed E-state index contributed by atoms with van der Waals surface area (Å²) >= 11 is 1.80. The molecule has 1 heterocycles. The topological polar surface area (TPSA) is 24.9 Å². The van der Waals surface area contributed by atoms with Crippen LogP contribution in [0.3, 0.4) is 0 Å². The molecule has 0 fully saturated rings. The smallest absolute Gasteiger partial charge is 0.110 e. The van der Waals surface area contributed by atoms with E-state index in [2.05, 4.69) is 31.1 Å². The molecule has 2 nitrogen and oxygen atoms in total. The SMILES string of the molecule is CCC(NC)c1nc(C)c(C)s1. The van der Waals surface area contributed by atoms with Crippen molar-refractivity contribution >= 4 is 11.3 Å². The molecule has 0 bridgehead atoms. The van der Waals surface area contributed by atoms with E-state index in [1.165, 1.54) is 15.6 Å². The molecule has 1 N–H and O–H groups in total. The minimum atomic E-state index is 0.433. The number of nitrogens with one attached hydrogen (secondary N) is 1. The normalized spacial score (nSPS) is 13.3. The molecule has 0 radical (unpaired) electrons. The molecule has 1 atom stereocenters. The molecule has 68 valence electrons. The Bertz CT molecular complexity index is 232. The highest BCUT2D eigenvalue weighted by atomic mass is 32.1. The lowest BCUT2D eigenvalue weighted by atomic mass is 10.2. The molecule has 0 aliphatic heterocycles. The number of rotatable bonds is 3. The molecule has 0 aliphatic rings. The van der Waals surface area contributed by atoms with Gasteiger partial charge in [-0.3, -0.25) is 0 Å². The zero-order valence-electron chi connectivity index (χ0n) is 8.14. The minimum Gasteiger partial charge on any atom is -0.311 e. The molecule has 0 saturated heterocycles. The van der Waals surface area contributed by atoms with Gasteiger partial charge in [-0.25, -0.2) is 4.98 Å². The van der Waals surface area contributed by atoms with E-state index < -0.39 is 0 Å². The molecule has 1 aromatic rings. The van der Waals surface area contributed by atoms with Crippen molar-refractivity contribution in [3.63, 3.8) is 0 Å². The molecule has 1 rings (SSSR count). The fourth-order valence-corrected chi connectivity index (χ4v) is 2.27. The second kappa shape index (κ2) is 4.01. The van der Waals surface area contributed by atoms with Gasteiger partial charge in [0, 0.05) is 4.88 Å². The number of hydrogen-bond acceptors (Lipinski definition) is 3. The van der Waals surface area contributed by atoms with Crippen molar-refractivity contribution < 1.29 is 0 Å². The third-order valence-electron chi connectivity index (χ3n) is 2.10. The maximum Gasteiger partial charge on any atom is 0.110 e. The van der Waals surface area contributed by atoms with E-state index in [-0.39, 0.29) is 0 Å². The van der Waals surface area contributed by atoms with Crippen molar-refractivity contribution in [1.82, 2.24) is 10.3 Å². The van der Waals surface area contributed by atoms with Crippen molar-refractivity contribution in [1.29, 1.82) is 0 Å². The Morgan fingerprint density at radius 2 is 2.17 bits per heavy atom. The van der Waals surface area contributed by atoms with Crippen LogP contribution in [0, 0.1) is 13.8 Å². The van der Waals surface area contributed by atoms with Gasteiger partial charge in [-0.2, -0.15) is 0 Å². The second-order valence-corrected chi connectivity index (χ2v) is 4.18. The van der Waals surface area contributed by atoms with E-state index in [4.69, 9.17) is 0 Å². The molecule has 0 amide bonds. The van der Waals surface area contributed by atoms with Crippen LogP contribution >= 0.6 is 11.3 Å². The zero-order valence-corrected chi connectivity index (χ0v) is 8.96. The van der Waals surface area contributed by atoms with E-state index >= 15 is 0 Å². The highest BCUT2D eigenvalue weighted by Gasteiger charge is 2.11. The summed E-state index contributed by atoms with van der Waals surface area (Å²) in [6, 6.07) is 0.433. The number of aromatic nitrogens is 1. The summed E-state index contributed by atoms with van der Waals surface area (Å²) in [4.78, 5) is 5.84. The molecule has 0 spiro atoms. The molecular formula is C9H16N2S. The Kier molecular flexibility index (Phi) is 3.23. The van der Waals surface area contributed by atoms with Gasteiger partial charge in [-0.05, 0) is 27.3 Å². The van der Waals surface area contributed by atoms with Crippen LogP contribution in [0.2, 0.25) is 0 Å². The maximum absolute atomic E-state index is 4.51. The van der Waals surface area contributed by atoms with Crippen molar-refractivity contribution in [3.05, 3.63) is 15.6 Å². The highest BCUT2D eigenvalue weighted by molar-refractivity contribution is 7.11. The summed E-state index contributed by atoms with van der Waals surface area (Å²) in [5.41, 5.74) is 1.17. The van der Waals surface area contributed by atoms with Gasteiger partial charge in [0.2, 0.25) is 0 Å². The van der Waals surface area contributed by atoms with E-state index in [1.807, 2.05) is 7.05 Å². The lowest BCUT2D eigenvalue weighted by molar-refractivity contribution is 0.572. The van der Waals surface area contributed by atoms with Crippen LogP contribution in [-0.2, 0) is 0 Å². The predicted molar refractivity (Wildman–Crippen MR) is 53.7 cm³/mol. The molecule has 0 aromatic carbocycles. The van der Waals surface area contributed by atoms with E-state index in [0.29, 0.717) is 6.04 Å². The Balaban J connectivity index is 2.86. The van der Waals surface area contributed by atoms with Gasteiger partial charge in [0.15, 0.2) is 0 Å². The van der Waals surface area contributed by atoms with Gasteiger partial charge in [-0.15, -0.1) is 11.3 Å². The van der Waals surface area contributed by atoms with Gasteiger partial charge in [-0.1, -0.05) is 6.92 Å². The van der Waals surface area contributed by atoms with Gasteiger partial charge in [0.1, 0.15) is 5.01 Å². The minimum absolute atomic E-state index is 0.433. The zero-order chi connectivity index (χ0) is 9.14. The average molecular weight is 184 g/mol. The van der Waals surface area contributed by atoms with Crippen LogP contribution in [-0.4, -0.2) is 12.0 Å². The van der Waals surface area contributed by atoms with Crippen LogP contribution in [0.1, 0.15) is 35.0 Å². The maximum atomic E-state index is 4.51. The molecule has 12 heavy (non-hydrogen) atoms. The van der Waals surface area contributed by atoms with E-state index in [9.17, 15) is 0 Å². The summed E-state index contributed by atoms with van der Waals surface area (Å²) in [5, 5.41) is 4.47. The first-order valence-electron chi connectivity index (χ1n) is 4.30. The van der Waals surface area contributed by atoms with E-state index in [1.54, 1.807) is 11.3 Å². The van der Waals surface area contributed by atoms with Gasteiger partial charge in [0.25, 0.3) is 0 Å². The summed E-state index contributed by atoms with van der Waals surface area (Å²) in [6.07, 6.45) is 1.10. The van der Waals surface area contributed by atoms with Crippen molar-refractivity contribution in [2.45, 2.75) is 33.2 Å². The lowest BCUT2D eigenvalue weighted by Crippen LogP contribution is -2.14. The fourth-order valence-electron chi connectivity index (χ4n) is 1.15. The average Bonchev–Trinajstić information content (AvgIpc) is 2.35. The second-order valence-electron chi connectivity index (χ2n) is 2.94. The molecular weight excluding hydrogens is 168 g/mol. The van der Waals surface area contributed by atoms with Gasteiger partial charge >= 0.3 is 0 Å². The van der Waals surface area contributed by atoms with Gasteiger partial charge < -0.3 is 5.32 Å². The Morgan fingerprint density at radius 3 is 2.50 bits per heavy atom. The number of thiazole rings is 1. The molecule has 3 heteroatoms. The van der Waals surface area contributed by atoms with Crippen molar-refractivity contribution in [2.24, 2.45) is 0 Å². The molecule has 0 aliphatic carbocycles. The predicted octanol–water partition coefficient (Wildman–Crippen LogP) is 2.43. The Labute approximate surface area is 78.0 Å². The standard InChI is InChI=1S/C9H16N2S/c1-5-8(10-4)9-11-6(2)7(3)12-9/h8,10H,5H2,1-4H3. The first kappa shape index (κ1) is 9.68. The number of hydrogen-bond donors (Lipinski definition) is 1. The number of aryl methyl sites for hydroxylation is 2. The fraction of sp³-hybridized carbons (Fsp3) is 0.667. The summed E-state index contributed by atoms with van der Waals surface area (Å²) in [7, 11) is 1.99. The third kappa shape index (κ3) is 1.84. The van der Waals surface area contributed by atoms with Crippen LogP contribution in [0.5, 0.6) is 0 Å². The molecule has 0 saturated carbocycles. The first-order chi connectivity index (χ1) is 5.69. The quantitative estimate of drug-likeness (QED) is 0.780. The number of nitrogens with zero attached hydrogens (tertiary/aromatic N) is 1. The summed E-state index contributed by atoms with van der Waals surface area (Å²) in [5.74, 6) is 0. The largest absolute Gasteiger partial charge is 0.311 e. The van der Waals surface area contributed by atoms with Crippen LogP contribution in [0.15, 0.2) is 0 Å². The van der Waals surface area contributed by atoms with Crippen LogP contribution < -0.4 is 5.32 Å². The third-order valence-corrected chi connectivity index (χ3v) is 3.29. The van der Waals surface area contributed by atoms with Crippen molar-refractivity contribution in [2.75, 3.05) is 7.05 Å². The van der Waals surface area contributed by atoms with Crippen molar-refractivity contribution in [3.8, 4) is 0 Å². The Hall–Kier alpha value is -0.410. The highest BCUT2D eigenvalue weighted by Crippen LogP contribution is 2.24. The van der Waals surface area contributed by atoms with Crippen LogP contribution in [0.4, 0.5) is 0 Å². The Morgan fingerprint density at radius 1 is 1.50 bits per heavy atom.